The maximum atomic E-state index is 8.09. The van der Waals surface area contributed by atoms with Crippen molar-refractivity contribution in [3.63, 3.8) is 0 Å². The Morgan fingerprint density at radius 3 is 2.00 bits per heavy atom. The fraction of sp³-hybridized carbons (Fsp3) is 0.256. The van der Waals surface area contributed by atoms with E-state index >= 15 is 0 Å². The number of hydrogen-bond donors (Lipinski definition) is 0. The molecule has 0 amide bonds. The Bertz CT molecular complexity index is 2060. The molecule has 7 rings (SSSR count). The van der Waals surface area contributed by atoms with Gasteiger partial charge in [0, 0.05) is 0 Å². The van der Waals surface area contributed by atoms with Crippen LogP contribution < -0.4 is 24.0 Å². The third-order valence-electron chi connectivity index (χ3n) is 10.7. The molecule has 0 bridgehead atoms. The van der Waals surface area contributed by atoms with Crippen LogP contribution in [0.3, 0.4) is 0 Å². The molecule has 1 heterocycles. The molecule has 1 atom stereocenters. The van der Waals surface area contributed by atoms with Crippen molar-refractivity contribution in [2.24, 2.45) is 0 Å². The molecule has 1 aliphatic heterocycles. The normalized spacial score (nSPS) is 16.0. The van der Waals surface area contributed by atoms with Gasteiger partial charge in [-0.3, -0.25) is 0 Å². The molecule has 1 unspecified atom stereocenters. The van der Waals surface area contributed by atoms with E-state index in [1.807, 2.05) is 0 Å². The summed E-state index contributed by atoms with van der Waals surface area (Å²) in [5.74, 6) is 0. The van der Waals surface area contributed by atoms with Gasteiger partial charge in [0.2, 0.25) is 0 Å². The van der Waals surface area contributed by atoms with Gasteiger partial charge in [-0.25, -0.2) is 0 Å². The van der Waals surface area contributed by atoms with Crippen molar-refractivity contribution in [1.82, 2.24) is 0 Å². The molecule has 0 fully saturated rings. The Labute approximate surface area is 310 Å². The van der Waals surface area contributed by atoms with Crippen molar-refractivity contribution in [2.45, 2.75) is 69.1 Å². The number of allylic oxidation sites excluding steroid dienone is 1. The number of unbranched alkanes of at least 4 members (excludes halogenated alkanes) is 1. The SMILES string of the molecule is CCCCC1=Cc2c(ccc(-c3ccccc3)c2-c2cc([Si](C)(C)C)cc([Si](C)(C)C)c2)[CH]1[Zr]([Cl])([Cl])[c]1cccc2c1[SiH2]c1ccccc1-2. The van der Waals surface area contributed by atoms with Gasteiger partial charge in [0.25, 0.3) is 0 Å². The van der Waals surface area contributed by atoms with Crippen LogP contribution in [-0.2, 0) is 17.9 Å². The van der Waals surface area contributed by atoms with Crippen molar-refractivity contribution in [3.05, 3.63) is 120 Å². The molecule has 0 radical (unpaired) electrons. The number of benzene rings is 5. The molecule has 0 N–H and O–H groups in total. The summed E-state index contributed by atoms with van der Waals surface area (Å²) in [4.78, 5) is 0. The zero-order valence-corrected chi connectivity index (χ0v) is 37.4. The molecule has 2 aliphatic rings. The molecule has 0 aromatic heterocycles. The zero-order valence-electron chi connectivity index (χ0n) is 30.1. The van der Waals surface area contributed by atoms with Gasteiger partial charge in [-0.1, -0.05) is 0 Å². The molecule has 0 nitrogen and oxygen atoms in total. The molecule has 5 aromatic carbocycles. The van der Waals surface area contributed by atoms with Gasteiger partial charge in [0.05, 0.1) is 0 Å². The second-order valence-corrected chi connectivity index (χ2v) is 42.2. The number of hydrogen-bond acceptors (Lipinski definition) is 0. The summed E-state index contributed by atoms with van der Waals surface area (Å²) in [5.41, 5.74) is 12.2. The minimum absolute atomic E-state index is 0.0867. The van der Waals surface area contributed by atoms with Crippen molar-refractivity contribution in [3.8, 4) is 33.4 Å². The van der Waals surface area contributed by atoms with Crippen LogP contribution in [0.5, 0.6) is 0 Å². The molecule has 6 heteroatoms. The first-order chi connectivity index (χ1) is 23.3. The van der Waals surface area contributed by atoms with E-state index < -0.39 is 43.5 Å². The Kier molecular flexibility index (Phi) is 9.74. The van der Waals surface area contributed by atoms with E-state index in [1.165, 1.54) is 74.1 Å². The first-order valence-electron chi connectivity index (χ1n) is 18.0. The zero-order chi connectivity index (χ0) is 34.7. The van der Waals surface area contributed by atoms with E-state index in [9.17, 15) is 0 Å². The molecule has 5 aromatic rings. The fourth-order valence-corrected chi connectivity index (χ4v) is 27.3. The van der Waals surface area contributed by atoms with Crippen LogP contribution in [-0.4, -0.2) is 25.7 Å². The Balaban J connectivity index is 1.48. The monoisotopic (exact) mass is 808 g/mol. The Hall–Kier alpha value is -2.05. The predicted molar refractivity (Wildman–Crippen MR) is 225 cm³/mol. The first-order valence-corrected chi connectivity index (χ1v) is 35.4. The molecular weight excluding hydrogens is 763 g/mol. The summed E-state index contributed by atoms with van der Waals surface area (Å²) in [6.45, 7) is 17.2. The predicted octanol–water partition coefficient (Wildman–Crippen LogP) is 9.63. The van der Waals surface area contributed by atoms with Crippen LogP contribution in [0, 0.1) is 0 Å². The molecule has 49 heavy (non-hydrogen) atoms. The molecule has 0 saturated carbocycles. The van der Waals surface area contributed by atoms with Crippen LogP contribution in [0.4, 0.5) is 0 Å². The quantitative estimate of drug-likeness (QED) is 0.128. The average molecular weight is 811 g/mol. The van der Waals surface area contributed by atoms with E-state index in [4.69, 9.17) is 17.0 Å². The van der Waals surface area contributed by atoms with E-state index in [0.29, 0.717) is 0 Å². The van der Waals surface area contributed by atoms with Gasteiger partial charge < -0.3 is 0 Å². The van der Waals surface area contributed by atoms with Gasteiger partial charge in [0.15, 0.2) is 0 Å². The van der Waals surface area contributed by atoms with Gasteiger partial charge >= 0.3 is 313 Å². The first kappa shape index (κ1) is 35.4. The van der Waals surface area contributed by atoms with Gasteiger partial charge in [-0.15, -0.1) is 0 Å². The summed E-state index contributed by atoms with van der Waals surface area (Å²) in [5, 5.41) is 6.09. The van der Waals surface area contributed by atoms with Gasteiger partial charge in [-0.2, -0.15) is 0 Å². The second kappa shape index (κ2) is 13.5. The number of fused-ring (bicyclic) bond motifs is 4. The second-order valence-electron chi connectivity index (χ2n) is 16.2. The van der Waals surface area contributed by atoms with E-state index in [1.54, 1.807) is 0 Å². The maximum absolute atomic E-state index is 8.09. The van der Waals surface area contributed by atoms with Gasteiger partial charge in [-0.05, 0) is 0 Å². The third-order valence-corrected chi connectivity index (χ3v) is 29.1. The number of rotatable bonds is 9. The molecule has 1 aliphatic carbocycles. The van der Waals surface area contributed by atoms with Crippen LogP contribution in [0.2, 0.25) is 39.3 Å². The Morgan fingerprint density at radius 2 is 1.33 bits per heavy atom. The summed E-state index contributed by atoms with van der Waals surface area (Å²) in [6, 6.07) is 39.2. The summed E-state index contributed by atoms with van der Waals surface area (Å²) in [6.07, 6.45) is 5.87. The third kappa shape index (κ3) is 6.60. The van der Waals surface area contributed by atoms with E-state index in [-0.39, 0.29) is 3.63 Å². The van der Waals surface area contributed by atoms with Crippen molar-refractivity contribution >= 4 is 72.8 Å². The average Bonchev–Trinajstić information content (AvgIpc) is 3.65. The van der Waals surface area contributed by atoms with Gasteiger partial charge in [0.1, 0.15) is 0 Å². The summed E-state index contributed by atoms with van der Waals surface area (Å²) < 4.78 is 1.40. The van der Waals surface area contributed by atoms with Crippen LogP contribution in [0.15, 0.2) is 109 Å². The van der Waals surface area contributed by atoms with E-state index in [2.05, 4.69) is 155 Å². The molecule has 0 saturated heterocycles. The molecular formula is C43H48Cl2Si3Zr. The van der Waals surface area contributed by atoms with Crippen molar-refractivity contribution in [2.75, 3.05) is 0 Å². The standard InChI is InChI=1S/C31H39Si2.C12H9Si.2ClH.Zr/c1-8-9-13-23-18-25-16-17-29(24-14-11-10-12-15-24)31(30(25)19-23)26-20-27(32(2,3)4)22-28(21-26)33(5,6)7;1-3-7-11-9(5-1)10-6-2-4-8-12(10)13-11;;;/h10-12,14-22H,8-9,13H2,1-7H3;1-7H,13H2;2*1H;/q;;;;+2/p-2. The van der Waals surface area contributed by atoms with Crippen molar-refractivity contribution < 1.29 is 17.9 Å². The van der Waals surface area contributed by atoms with E-state index in [0.717, 1.165) is 19.3 Å². The topological polar surface area (TPSA) is 0 Å². The number of halogens is 2. The van der Waals surface area contributed by atoms with Crippen LogP contribution in [0.1, 0.15) is 40.9 Å². The van der Waals surface area contributed by atoms with Crippen molar-refractivity contribution in [1.29, 1.82) is 0 Å². The summed E-state index contributed by atoms with van der Waals surface area (Å²) in [7, 11) is 12.3. The molecule has 0 spiro atoms. The van der Waals surface area contributed by atoms with Crippen LogP contribution >= 0.6 is 17.0 Å². The summed E-state index contributed by atoms with van der Waals surface area (Å²) >= 11 is -4.10. The molecule has 250 valence electrons. The minimum atomic E-state index is -4.10. The van der Waals surface area contributed by atoms with Crippen LogP contribution in [0.25, 0.3) is 39.5 Å². The Morgan fingerprint density at radius 1 is 0.673 bits per heavy atom. The fourth-order valence-electron chi connectivity index (χ4n) is 7.97.